The molecular formula is C21H33NO3. The zero-order valence-corrected chi connectivity index (χ0v) is 15.9. The van der Waals surface area contributed by atoms with Crippen molar-refractivity contribution in [3.05, 3.63) is 35.4 Å². The number of rotatable bonds is 4. The highest BCUT2D eigenvalue weighted by atomic mass is 16.5. The van der Waals surface area contributed by atoms with Crippen LogP contribution in [-0.4, -0.2) is 42.8 Å². The summed E-state index contributed by atoms with van der Waals surface area (Å²) in [4.78, 5) is 11.0. The van der Waals surface area contributed by atoms with E-state index in [-0.39, 0.29) is 6.47 Å². The van der Waals surface area contributed by atoms with Crippen LogP contribution in [0.25, 0.3) is 0 Å². The Bertz CT molecular complexity index is 528. The van der Waals surface area contributed by atoms with Crippen LogP contribution in [0, 0.1) is 5.41 Å². The Hall–Kier alpha value is -1.39. The summed E-state index contributed by atoms with van der Waals surface area (Å²) in [6, 6.07) is 9.23. The summed E-state index contributed by atoms with van der Waals surface area (Å²) in [6.45, 7) is 7.82. The lowest BCUT2D eigenvalue weighted by Crippen LogP contribution is -2.47. The van der Waals surface area contributed by atoms with Crippen molar-refractivity contribution in [2.45, 2.75) is 64.5 Å². The number of methoxy groups -OCH3 is 1. The summed E-state index contributed by atoms with van der Waals surface area (Å²) in [6.07, 6.45) is 7.12. The maximum atomic E-state index is 8.36. The summed E-state index contributed by atoms with van der Waals surface area (Å²) >= 11 is 0. The van der Waals surface area contributed by atoms with E-state index in [1.165, 1.54) is 56.3 Å². The minimum Gasteiger partial charge on any atom is -0.483 e. The van der Waals surface area contributed by atoms with Crippen molar-refractivity contribution in [2.75, 3.05) is 20.2 Å². The van der Waals surface area contributed by atoms with Crippen LogP contribution in [-0.2, 0) is 16.1 Å². The molecule has 4 nitrogen and oxygen atoms in total. The fraction of sp³-hybridized carbons (Fsp3) is 0.667. The molecule has 4 heteroatoms. The zero-order chi connectivity index (χ0) is 18.3. The van der Waals surface area contributed by atoms with Crippen molar-refractivity contribution in [2.24, 2.45) is 5.41 Å². The average Bonchev–Trinajstić information content (AvgIpc) is 2.98. The number of likely N-dealkylation sites (tertiary alicyclic amines) is 1. The predicted molar refractivity (Wildman–Crippen MR) is 101 cm³/mol. The molecule has 140 valence electrons. The molecule has 0 bridgehead atoms. The summed E-state index contributed by atoms with van der Waals surface area (Å²) in [7, 11) is 1.90. The van der Waals surface area contributed by atoms with Crippen LogP contribution in [0.4, 0.5) is 0 Å². The van der Waals surface area contributed by atoms with Gasteiger partial charge < -0.3 is 9.84 Å². The quantitative estimate of drug-likeness (QED) is 0.826. The first-order valence-corrected chi connectivity index (χ1v) is 9.46. The Morgan fingerprint density at radius 1 is 1.28 bits per heavy atom. The van der Waals surface area contributed by atoms with E-state index in [0.717, 1.165) is 6.54 Å². The first kappa shape index (κ1) is 19.9. The standard InChI is InChI=1S/C20H31NO.CH2O2/c1-16(2)18-9-7-17(8-10-18)14-21-13-5-12-20(15-21)11-4-6-19(20)22-3;2-1-3/h7-10,16,19H,4-6,11-15H2,1-3H3;1H,(H,2,3)/t19-,20-;/m1./s1. The molecule has 2 fully saturated rings. The monoisotopic (exact) mass is 347 g/mol. The number of benzene rings is 1. The van der Waals surface area contributed by atoms with Gasteiger partial charge in [0.2, 0.25) is 0 Å². The maximum absolute atomic E-state index is 8.36. The highest BCUT2D eigenvalue weighted by molar-refractivity contribution is 5.32. The van der Waals surface area contributed by atoms with E-state index in [9.17, 15) is 0 Å². The smallest absolute Gasteiger partial charge is 0.290 e. The summed E-state index contributed by atoms with van der Waals surface area (Å²) in [5, 5.41) is 6.89. The lowest BCUT2D eigenvalue weighted by Gasteiger charge is -2.43. The minimum atomic E-state index is -0.250. The number of carbonyl (C=O) groups is 1. The predicted octanol–water partition coefficient (Wildman–Crippen LogP) is 4.29. The number of piperidine rings is 1. The molecule has 1 aromatic carbocycles. The molecule has 1 spiro atoms. The second kappa shape index (κ2) is 9.35. The molecule has 0 amide bonds. The molecule has 0 aromatic heterocycles. The fourth-order valence-corrected chi connectivity index (χ4v) is 4.60. The molecular weight excluding hydrogens is 314 g/mol. The first-order valence-electron chi connectivity index (χ1n) is 9.46. The molecule has 1 saturated heterocycles. The highest BCUT2D eigenvalue weighted by Gasteiger charge is 2.45. The molecule has 0 radical (unpaired) electrons. The number of hydrogen-bond acceptors (Lipinski definition) is 3. The molecule has 25 heavy (non-hydrogen) atoms. The highest BCUT2D eigenvalue weighted by Crippen LogP contribution is 2.46. The summed E-state index contributed by atoms with van der Waals surface area (Å²) in [5.41, 5.74) is 3.33. The number of nitrogens with zero attached hydrogens (tertiary/aromatic N) is 1. The molecule has 2 atom stereocenters. The SMILES string of the molecule is CO[C@@H]1CCC[C@]12CCCN(Cc1ccc(C(C)C)cc1)C2.O=CO. The van der Waals surface area contributed by atoms with Crippen LogP contribution in [0.5, 0.6) is 0 Å². The molecule has 1 saturated carbocycles. The zero-order valence-electron chi connectivity index (χ0n) is 15.9. The van der Waals surface area contributed by atoms with Crippen LogP contribution in [0.1, 0.15) is 63.0 Å². The molecule has 1 N–H and O–H groups in total. The lowest BCUT2D eigenvalue weighted by atomic mass is 9.76. The average molecular weight is 347 g/mol. The van der Waals surface area contributed by atoms with Crippen LogP contribution in [0.2, 0.25) is 0 Å². The van der Waals surface area contributed by atoms with Crippen LogP contribution >= 0.6 is 0 Å². The molecule has 2 aliphatic rings. The normalized spacial score (nSPS) is 26.5. The van der Waals surface area contributed by atoms with Crippen molar-refractivity contribution < 1.29 is 14.6 Å². The molecule has 1 aliphatic carbocycles. The van der Waals surface area contributed by atoms with E-state index in [2.05, 4.69) is 43.0 Å². The van der Waals surface area contributed by atoms with Crippen molar-refractivity contribution in [3.63, 3.8) is 0 Å². The largest absolute Gasteiger partial charge is 0.483 e. The van der Waals surface area contributed by atoms with Gasteiger partial charge in [0.05, 0.1) is 6.10 Å². The second-order valence-corrected chi connectivity index (χ2v) is 7.79. The van der Waals surface area contributed by atoms with Crippen molar-refractivity contribution in [3.8, 4) is 0 Å². The van der Waals surface area contributed by atoms with Crippen molar-refractivity contribution in [1.82, 2.24) is 4.90 Å². The van der Waals surface area contributed by atoms with E-state index in [4.69, 9.17) is 14.6 Å². The van der Waals surface area contributed by atoms with E-state index in [1.807, 2.05) is 7.11 Å². The van der Waals surface area contributed by atoms with Gasteiger partial charge in [-0.15, -0.1) is 0 Å². The molecule has 3 rings (SSSR count). The van der Waals surface area contributed by atoms with Gasteiger partial charge in [-0.25, -0.2) is 0 Å². The van der Waals surface area contributed by atoms with Gasteiger partial charge >= 0.3 is 0 Å². The Balaban J connectivity index is 0.000000701. The molecule has 1 heterocycles. The van der Waals surface area contributed by atoms with Crippen molar-refractivity contribution in [1.29, 1.82) is 0 Å². The molecule has 1 aliphatic heterocycles. The third-order valence-electron chi connectivity index (χ3n) is 5.85. The summed E-state index contributed by atoms with van der Waals surface area (Å²) < 4.78 is 5.82. The number of hydrogen-bond donors (Lipinski definition) is 1. The van der Waals surface area contributed by atoms with Gasteiger partial charge in [0.1, 0.15) is 0 Å². The maximum Gasteiger partial charge on any atom is 0.290 e. The van der Waals surface area contributed by atoms with E-state index in [0.29, 0.717) is 17.4 Å². The third-order valence-corrected chi connectivity index (χ3v) is 5.85. The van der Waals surface area contributed by atoms with Gasteiger partial charge in [-0.3, -0.25) is 9.69 Å². The Morgan fingerprint density at radius 3 is 2.52 bits per heavy atom. The third kappa shape index (κ3) is 5.05. The van der Waals surface area contributed by atoms with E-state index in [1.54, 1.807) is 0 Å². The van der Waals surface area contributed by atoms with Gasteiger partial charge in [0.15, 0.2) is 0 Å². The summed E-state index contributed by atoms with van der Waals surface area (Å²) in [5.74, 6) is 0.619. The lowest BCUT2D eigenvalue weighted by molar-refractivity contribution is -0.122. The number of carboxylic acid groups (broad SMARTS) is 1. The Morgan fingerprint density at radius 2 is 1.92 bits per heavy atom. The Kier molecular flexibility index (Phi) is 7.45. The van der Waals surface area contributed by atoms with Crippen LogP contribution in [0.15, 0.2) is 24.3 Å². The Labute approximate surface area is 152 Å². The van der Waals surface area contributed by atoms with Crippen molar-refractivity contribution >= 4 is 6.47 Å². The van der Waals surface area contributed by atoms with Crippen LogP contribution < -0.4 is 0 Å². The van der Waals surface area contributed by atoms with Gasteiger partial charge in [-0.05, 0) is 49.3 Å². The minimum absolute atomic E-state index is 0.250. The van der Waals surface area contributed by atoms with Gasteiger partial charge in [0, 0.05) is 25.6 Å². The van der Waals surface area contributed by atoms with Gasteiger partial charge in [-0.2, -0.15) is 0 Å². The van der Waals surface area contributed by atoms with E-state index >= 15 is 0 Å². The fourth-order valence-electron chi connectivity index (χ4n) is 4.60. The van der Waals surface area contributed by atoms with Crippen LogP contribution in [0.3, 0.4) is 0 Å². The molecule has 0 unspecified atom stereocenters. The first-order chi connectivity index (χ1) is 12.0. The van der Waals surface area contributed by atoms with E-state index < -0.39 is 0 Å². The topological polar surface area (TPSA) is 49.8 Å². The van der Waals surface area contributed by atoms with Gasteiger partial charge in [0.25, 0.3) is 6.47 Å². The van der Waals surface area contributed by atoms with Gasteiger partial charge in [-0.1, -0.05) is 44.5 Å². The molecule has 1 aromatic rings. The number of ether oxygens (including phenoxy) is 1. The second-order valence-electron chi connectivity index (χ2n) is 7.79.